The third kappa shape index (κ3) is 3.25. The van der Waals surface area contributed by atoms with Gasteiger partial charge in [-0.1, -0.05) is 17.7 Å². The number of carbonyl (C=O) groups is 1. The molecule has 2 amide bonds. The van der Waals surface area contributed by atoms with Gasteiger partial charge in [-0.05, 0) is 30.3 Å². The van der Waals surface area contributed by atoms with Gasteiger partial charge in [0.25, 0.3) is 0 Å². The molecule has 0 fully saturated rings. The van der Waals surface area contributed by atoms with Crippen LogP contribution in [0.15, 0.2) is 42.6 Å². The highest BCUT2D eigenvalue weighted by atomic mass is 35.5. The number of carbonyl (C=O) groups excluding carboxylic acids is 1. The molecule has 0 aliphatic carbocycles. The van der Waals surface area contributed by atoms with Crippen LogP contribution in [-0.4, -0.2) is 32.7 Å². The summed E-state index contributed by atoms with van der Waals surface area (Å²) in [5, 5.41) is 10.7. The first-order valence-corrected chi connectivity index (χ1v) is 8.47. The number of aromatic amines is 1. The number of benzene rings is 1. The van der Waals surface area contributed by atoms with Crippen LogP contribution in [-0.2, 0) is 13.0 Å². The molecule has 1 aliphatic heterocycles. The second-order valence-corrected chi connectivity index (χ2v) is 6.45. The highest BCUT2D eigenvalue weighted by Gasteiger charge is 2.26. The van der Waals surface area contributed by atoms with Crippen LogP contribution < -0.4 is 5.32 Å². The molecule has 4 rings (SSSR count). The lowest BCUT2D eigenvalue weighted by Gasteiger charge is -2.27. The zero-order chi connectivity index (χ0) is 18.1. The van der Waals surface area contributed by atoms with Crippen LogP contribution in [0, 0.1) is 5.95 Å². The Kier molecular flexibility index (Phi) is 4.30. The summed E-state index contributed by atoms with van der Waals surface area (Å²) in [7, 11) is 0. The minimum Gasteiger partial charge on any atom is -0.320 e. The van der Waals surface area contributed by atoms with Gasteiger partial charge in [-0.3, -0.25) is 5.10 Å². The molecule has 132 valence electrons. The van der Waals surface area contributed by atoms with Crippen molar-refractivity contribution in [1.29, 1.82) is 0 Å². The van der Waals surface area contributed by atoms with E-state index in [9.17, 15) is 9.18 Å². The fourth-order valence-electron chi connectivity index (χ4n) is 2.99. The highest BCUT2D eigenvalue weighted by Crippen LogP contribution is 2.28. The van der Waals surface area contributed by atoms with E-state index < -0.39 is 5.95 Å². The number of hydrogen-bond donors (Lipinski definition) is 2. The summed E-state index contributed by atoms with van der Waals surface area (Å²) >= 11 is 5.96. The van der Waals surface area contributed by atoms with Crippen molar-refractivity contribution in [2.75, 3.05) is 11.9 Å². The molecule has 0 spiro atoms. The first-order chi connectivity index (χ1) is 12.6. The number of fused-ring (bicyclic) bond motifs is 1. The van der Waals surface area contributed by atoms with Crippen molar-refractivity contribution in [3.8, 4) is 11.3 Å². The molecule has 2 aromatic heterocycles. The van der Waals surface area contributed by atoms with E-state index in [1.165, 1.54) is 12.3 Å². The minimum atomic E-state index is -0.541. The normalized spacial score (nSPS) is 13.4. The average molecular weight is 372 g/mol. The van der Waals surface area contributed by atoms with E-state index in [0.29, 0.717) is 41.5 Å². The van der Waals surface area contributed by atoms with Crippen molar-refractivity contribution in [1.82, 2.24) is 20.1 Å². The fraction of sp³-hybridized carbons (Fsp3) is 0.167. The molecule has 3 aromatic rings. The molecule has 0 saturated carbocycles. The molecule has 3 heterocycles. The Morgan fingerprint density at radius 1 is 1.31 bits per heavy atom. The third-order valence-electron chi connectivity index (χ3n) is 4.30. The molecule has 0 unspecified atom stereocenters. The molecule has 0 bridgehead atoms. The molecule has 1 aliphatic rings. The van der Waals surface area contributed by atoms with Crippen LogP contribution in [0.4, 0.5) is 14.9 Å². The van der Waals surface area contributed by atoms with Crippen molar-refractivity contribution in [2.24, 2.45) is 0 Å². The molecular weight excluding hydrogens is 357 g/mol. The number of amides is 2. The van der Waals surface area contributed by atoms with Gasteiger partial charge in [0.1, 0.15) is 0 Å². The van der Waals surface area contributed by atoms with Gasteiger partial charge in [0.05, 0.1) is 12.2 Å². The number of hydrogen-bond acceptors (Lipinski definition) is 3. The number of urea groups is 1. The minimum absolute atomic E-state index is 0.206. The summed E-state index contributed by atoms with van der Waals surface area (Å²) in [6.07, 6.45) is 2.11. The van der Waals surface area contributed by atoms with Crippen molar-refractivity contribution < 1.29 is 9.18 Å². The number of rotatable bonds is 2. The van der Waals surface area contributed by atoms with E-state index >= 15 is 0 Å². The van der Waals surface area contributed by atoms with Gasteiger partial charge >= 0.3 is 6.03 Å². The van der Waals surface area contributed by atoms with Gasteiger partial charge in [0, 0.05) is 46.7 Å². The molecule has 0 radical (unpaired) electrons. The maximum Gasteiger partial charge on any atom is 0.322 e. The van der Waals surface area contributed by atoms with E-state index in [2.05, 4.69) is 20.5 Å². The molecule has 0 saturated heterocycles. The summed E-state index contributed by atoms with van der Waals surface area (Å²) in [5.74, 6) is -0.541. The highest BCUT2D eigenvalue weighted by molar-refractivity contribution is 6.30. The zero-order valence-corrected chi connectivity index (χ0v) is 14.4. The lowest BCUT2D eigenvalue weighted by Crippen LogP contribution is -2.38. The van der Waals surface area contributed by atoms with E-state index in [1.54, 1.807) is 35.2 Å². The third-order valence-corrected chi connectivity index (χ3v) is 4.53. The summed E-state index contributed by atoms with van der Waals surface area (Å²) in [4.78, 5) is 18.0. The maximum atomic E-state index is 13.1. The molecule has 26 heavy (non-hydrogen) atoms. The van der Waals surface area contributed by atoms with Crippen LogP contribution in [0.2, 0.25) is 5.02 Å². The van der Waals surface area contributed by atoms with Gasteiger partial charge in [-0.15, -0.1) is 0 Å². The molecule has 8 heteroatoms. The quantitative estimate of drug-likeness (QED) is 0.672. The smallest absolute Gasteiger partial charge is 0.320 e. The lowest BCUT2D eigenvalue weighted by molar-refractivity contribution is 0.206. The lowest BCUT2D eigenvalue weighted by atomic mass is 10.0. The van der Waals surface area contributed by atoms with Crippen molar-refractivity contribution >= 4 is 23.3 Å². The van der Waals surface area contributed by atoms with Gasteiger partial charge < -0.3 is 10.2 Å². The molecular formula is C18H15ClFN5O. The summed E-state index contributed by atoms with van der Waals surface area (Å²) < 4.78 is 13.1. The molecule has 0 atom stereocenters. The topological polar surface area (TPSA) is 73.9 Å². The van der Waals surface area contributed by atoms with Gasteiger partial charge in [0.15, 0.2) is 0 Å². The maximum absolute atomic E-state index is 13.1. The van der Waals surface area contributed by atoms with E-state index in [-0.39, 0.29) is 6.03 Å². The second kappa shape index (κ2) is 6.76. The first-order valence-electron chi connectivity index (χ1n) is 8.10. The van der Waals surface area contributed by atoms with Crippen LogP contribution in [0.3, 0.4) is 0 Å². The Balaban J connectivity index is 1.54. The Bertz CT molecular complexity index is 956. The van der Waals surface area contributed by atoms with Crippen LogP contribution in [0.25, 0.3) is 11.3 Å². The number of aromatic nitrogens is 3. The average Bonchev–Trinajstić information content (AvgIpc) is 3.05. The van der Waals surface area contributed by atoms with Crippen molar-refractivity contribution in [3.05, 3.63) is 64.8 Å². The SMILES string of the molecule is O=C(Nc1cccc(Cl)c1)N1CCc2[nH]nc(-c3ccc(F)nc3)c2C1. The number of nitrogens with zero attached hydrogens (tertiary/aromatic N) is 3. The number of nitrogens with one attached hydrogen (secondary N) is 2. The predicted octanol–water partition coefficient (Wildman–Crippen LogP) is 3.85. The largest absolute Gasteiger partial charge is 0.322 e. The number of H-pyrrole nitrogens is 1. The first kappa shape index (κ1) is 16.5. The number of anilines is 1. The number of halogens is 2. The van der Waals surface area contributed by atoms with Crippen molar-refractivity contribution in [3.63, 3.8) is 0 Å². The zero-order valence-electron chi connectivity index (χ0n) is 13.7. The predicted molar refractivity (Wildman–Crippen MR) is 96.4 cm³/mol. The van der Waals surface area contributed by atoms with Crippen LogP contribution in [0.5, 0.6) is 0 Å². The van der Waals surface area contributed by atoms with Gasteiger partial charge in [-0.25, -0.2) is 9.78 Å². The Morgan fingerprint density at radius 3 is 2.96 bits per heavy atom. The number of pyridine rings is 1. The molecule has 1 aromatic carbocycles. The van der Waals surface area contributed by atoms with Crippen LogP contribution >= 0.6 is 11.6 Å². The Labute approximate surface area is 154 Å². The van der Waals surface area contributed by atoms with Crippen molar-refractivity contribution in [2.45, 2.75) is 13.0 Å². The van der Waals surface area contributed by atoms with Gasteiger partial charge in [-0.2, -0.15) is 9.49 Å². The molecule has 6 nitrogen and oxygen atoms in total. The summed E-state index contributed by atoms with van der Waals surface area (Å²) in [5.41, 5.74) is 3.94. The van der Waals surface area contributed by atoms with Crippen LogP contribution in [0.1, 0.15) is 11.3 Å². The fourth-order valence-corrected chi connectivity index (χ4v) is 3.18. The monoisotopic (exact) mass is 371 g/mol. The summed E-state index contributed by atoms with van der Waals surface area (Å²) in [6.45, 7) is 0.980. The standard InChI is InChI=1S/C18H15ClFN5O/c19-12-2-1-3-13(8-12)22-18(26)25-7-6-15-14(10-25)17(24-23-15)11-4-5-16(20)21-9-11/h1-5,8-9H,6-7,10H2,(H,22,26)(H,23,24). The van der Waals surface area contributed by atoms with E-state index in [4.69, 9.17) is 11.6 Å². The Morgan fingerprint density at radius 2 is 2.19 bits per heavy atom. The van der Waals surface area contributed by atoms with E-state index in [0.717, 1.165) is 11.3 Å². The summed E-state index contributed by atoms with van der Waals surface area (Å²) in [6, 6.07) is 9.73. The van der Waals surface area contributed by atoms with Gasteiger partial charge in [0.2, 0.25) is 5.95 Å². The molecule has 2 N–H and O–H groups in total. The Hall–Kier alpha value is -2.93. The second-order valence-electron chi connectivity index (χ2n) is 6.01. The van der Waals surface area contributed by atoms with E-state index in [1.807, 2.05) is 0 Å².